The van der Waals surface area contributed by atoms with E-state index in [1.807, 2.05) is 34.7 Å². The first-order valence-corrected chi connectivity index (χ1v) is 10.5. The van der Waals surface area contributed by atoms with Crippen LogP contribution in [0.2, 0.25) is 0 Å². The van der Waals surface area contributed by atoms with Gasteiger partial charge in [-0.25, -0.2) is 9.97 Å². The minimum absolute atomic E-state index is 0.0911. The summed E-state index contributed by atoms with van der Waals surface area (Å²) in [6.07, 6.45) is 4.09. The first-order chi connectivity index (χ1) is 15.3. The maximum atomic E-state index is 13.7. The summed E-state index contributed by atoms with van der Waals surface area (Å²) in [6, 6.07) is 5.34. The van der Waals surface area contributed by atoms with Crippen LogP contribution in [0.15, 0.2) is 24.4 Å². The van der Waals surface area contributed by atoms with Crippen molar-refractivity contribution in [2.24, 2.45) is 12.8 Å². The number of benzene rings is 1. The molecular formula is C23H27N5O4. The van der Waals surface area contributed by atoms with E-state index in [0.29, 0.717) is 40.8 Å². The molecule has 0 unspecified atom stereocenters. The molecule has 0 saturated carbocycles. The van der Waals surface area contributed by atoms with Gasteiger partial charge in [0.15, 0.2) is 17.3 Å². The number of primary amides is 1. The van der Waals surface area contributed by atoms with Crippen LogP contribution in [0.3, 0.4) is 0 Å². The third-order valence-electron chi connectivity index (χ3n) is 6.09. The van der Waals surface area contributed by atoms with Crippen LogP contribution in [0.4, 0.5) is 0 Å². The molecule has 1 aliphatic heterocycles. The van der Waals surface area contributed by atoms with Crippen molar-refractivity contribution < 1.29 is 19.1 Å². The molecule has 0 radical (unpaired) electrons. The van der Waals surface area contributed by atoms with Crippen molar-refractivity contribution in [1.29, 1.82) is 0 Å². The van der Waals surface area contributed by atoms with E-state index in [1.54, 1.807) is 21.1 Å². The quantitative estimate of drug-likeness (QED) is 0.657. The molecule has 2 aromatic heterocycles. The molecular weight excluding hydrogens is 410 g/mol. The van der Waals surface area contributed by atoms with E-state index in [4.69, 9.17) is 15.2 Å². The Bertz CT molecular complexity index is 1200. The lowest BCUT2D eigenvalue weighted by Crippen LogP contribution is -2.40. The maximum absolute atomic E-state index is 13.7. The van der Waals surface area contributed by atoms with Crippen molar-refractivity contribution in [1.82, 2.24) is 19.4 Å². The predicted octanol–water partition coefficient (Wildman–Crippen LogP) is 2.76. The summed E-state index contributed by atoms with van der Waals surface area (Å²) in [5.74, 6) is 1.09. The van der Waals surface area contributed by atoms with Gasteiger partial charge in [-0.3, -0.25) is 9.59 Å². The van der Waals surface area contributed by atoms with Gasteiger partial charge in [0.1, 0.15) is 5.69 Å². The molecule has 1 aliphatic rings. The van der Waals surface area contributed by atoms with E-state index in [1.165, 1.54) is 6.20 Å². The van der Waals surface area contributed by atoms with Crippen LogP contribution in [0, 0.1) is 6.92 Å². The average molecular weight is 438 g/mol. The topological polar surface area (TPSA) is 113 Å². The van der Waals surface area contributed by atoms with Gasteiger partial charge in [0.25, 0.3) is 11.8 Å². The van der Waals surface area contributed by atoms with Crippen LogP contribution < -0.4 is 15.2 Å². The number of ether oxygens (including phenoxy) is 2. The Balaban J connectivity index is 1.72. The van der Waals surface area contributed by atoms with Gasteiger partial charge in [-0.15, -0.1) is 0 Å². The van der Waals surface area contributed by atoms with Crippen molar-refractivity contribution in [3.8, 4) is 11.5 Å². The fourth-order valence-corrected chi connectivity index (χ4v) is 4.35. The van der Waals surface area contributed by atoms with Crippen LogP contribution in [0.5, 0.6) is 11.5 Å². The third kappa shape index (κ3) is 3.63. The second-order valence-electron chi connectivity index (χ2n) is 7.96. The lowest BCUT2D eigenvalue weighted by molar-refractivity contribution is 0.0589. The fourth-order valence-electron chi connectivity index (χ4n) is 4.35. The SMILES string of the molecule is COc1cc2cc(C(=O)N3CCCC[C@@H]3c3ncc(C(N)=O)c(C)n3)n(C)c2cc1OC. The van der Waals surface area contributed by atoms with Crippen LogP contribution in [0.1, 0.15) is 57.7 Å². The first kappa shape index (κ1) is 21.6. The Kier molecular flexibility index (Phi) is 5.73. The Hall–Kier alpha value is -3.62. The number of amides is 2. The normalized spacial score (nSPS) is 16.2. The van der Waals surface area contributed by atoms with Crippen molar-refractivity contribution in [2.45, 2.75) is 32.2 Å². The highest BCUT2D eigenvalue weighted by atomic mass is 16.5. The number of methoxy groups -OCH3 is 2. The monoisotopic (exact) mass is 437 g/mol. The zero-order chi connectivity index (χ0) is 23.0. The molecule has 168 valence electrons. The molecule has 3 heterocycles. The summed E-state index contributed by atoms with van der Waals surface area (Å²) >= 11 is 0. The Morgan fingerprint density at radius 3 is 2.50 bits per heavy atom. The molecule has 1 atom stereocenters. The molecule has 32 heavy (non-hydrogen) atoms. The molecule has 1 aromatic carbocycles. The number of rotatable bonds is 5. The van der Waals surface area contributed by atoms with Crippen molar-refractivity contribution in [2.75, 3.05) is 20.8 Å². The number of aryl methyl sites for hydroxylation is 2. The average Bonchev–Trinajstić information content (AvgIpc) is 3.12. The highest BCUT2D eigenvalue weighted by molar-refractivity contribution is 5.99. The van der Waals surface area contributed by atoms with Crippen LogP contribution in [0.25, 0.3) is 10.9 Å². The van der Waals surface area contributed by atoms with E-state index < -0.39 is 5.91 Å². The number of hydrogen-bond donors (Lipinski definition) is 1. The van der Waals surface area contributed by atoms with E-state index in [-0.39, 0.29) is 11.9 Å². The van der Waals surface area contributed by atoms with Crippen molar-refractivity contribution >= 4 is 22.7 Å². The summed E-state index contributed by atoms with van der Waals surface area (Å²) in [5.41, 5.74) is 7.63. The molecule has 9 heteroatoms. The van der Waals surface area contributed by atoms with Gasteiger partial charge in [0.05, 0.1) is 37.0 Å². The van der Waals surface area contributed by atoms with E-state index in [0.717, 1.165) is 30.2 Å². The highest BCUT2D eigenvalue weighted by Crippen LogP contribution is 2.35. The number of piperidine rings is 1. The zero-order valence-corrected chi connectivity index (χ0v) is 18.7. The number of aromatic nitrogens is 3. The van der Waals surface area contributed by atoms with Crippen LogP contribution in [-0.2, 0) is 7.05 Å². The molecule has 0 spiro atoms. The van der Waals surface area contributed by atoms with Gasteiger partial charge in [-0.1, -0.05) is 0 Å². The van der Waals surface area contributed by atoms with E-state index in [2.05, 4.69) is 9.97 Å². The number of carbonyl (C=O) groups excluding carboxylic acids is 2. The summed E-state index contributed by atoms with van der Waals surface area (Å²) < 4.78 is 12.7. The molecule has 1 saturated heterocycles. The number of nitrogens with zero attached hydrogens (tertiary/aromatic N) is 4. The van der Waals surface area contributed by atoms with Gasteiger partial charge in [-0.2, -0.15) is 0 Å². The summed E-state index contributed by atoms with van der Waals surface area (Å²) in [5, 5.41) is 0.889. The molecule has 3 aromatic rings. The predicted molar refractivity (Wildman–Crippen MR) is 119 cm³/mol. The van der Waals surface area contributed by atoms with Gasteiger partial charge >= 0.3 is 0 Å². The lowest BCUT2D eigenvalue weighted by atomic mass is 10.0. The smallest absolute Gasteiger partial charge is 0.271 e. The zero-order valence-electron chi connectivity index (χ0n) is 18.7. The minimum Gasteiger partial charge on any atom is -0.493 e. The van der Waals surface area contributed by atoms with Gasteiger partial charge < -0.3 is 24.7 Å². The van der Waals surface area contributed by atoms with Crippen molar-refractivity contribution in [3.63, 3.8) is 0 Å². The Labute approximate surface area is 186 Å². The van der Waals surface area contributed by atoms with E-state index in [9.17, 15) is 9.59 Å². The molecule has 2 N–H and O–H groups in total. The number of carbonyl (C=O) groups is 2. The Morgan fingerprint density at radius 1 is 1.12 bits per heavy atom. The van der Waals surface area contributed by atoms with E-state index >= 15 is 0 Å². The second-order valence-corrected chi connectivity index (χ2v) is 7.96. The largest absolute Gasteiger partial charge is 0.493 e. The summed E-state index contributed by atoms with van der Waals surface area (Å²) in [4.78, 5) is 35.9. The second kappa shape index (κ2) is 8.49. The van der Waals surface area contributed by atoms with Gasteiger partial charge in [0, 0.05) is 31.2 Å². The number of fused-ring (bicyclic) bond motifs is 1. The van der Waals surface area contributed by atoms with Gasteiger partial charge in [-0.05, 0) is 38.3 Å². The molecule has 9 nitrogen and oxygen atoms in total. The summed E-state index contributed by atoms with van der Waals surface area (Å²) in [7, 11) is 5.04. The standard InChI is InChI=1S/C23H27N5O4/c1-13-15(21(24)29)12-25-22(26-13)16-7-5-6-8-28(16)23(30)18-9-14-10-19(31-3)20(32-4)11-17(14)27(18)2/h9-12,16H,5-8H2,1-4H3,(H2,24,29)/t16-/m1/s1. The Morgan fingerprint density at radius 2 is 1.84 bits per heavy atom. The van der Waals surface area contributed by atoms with Crippen LogP contribution >= 0.6 is 0 Å². The molecule has 0 aliphatic carbocycles. The highest BCUT2D eigenvalue weighted by Gasteiger charge is 2.32. The molecule has 1 fully saturated rings. The molecule has 4 rings (SSSR count). The lowest BCUT2D eigenvalue weighted by Gasteiger charge is -2.35. The van der Waals surface area contributed by atoms with Crippen molar-refractivity contribution in [3.05, 3.63) is 47.2 Å². The minimum atomic E-state index is -0.563. The third-order valence-corrected chi connectivity index (χ3v) is 6.09. The molecule has 2 amide bonds. The maximum Gasteiger partial charge on any atom is 0.271 e. The number of likely N-dealkylation sites (tertiary alicyclic amines) is 1. The summed E-state index contributed by atoms with van der Waals surface area (Å²) in [6.45, 7) is 2.34. The number of nitrogens with two attached hydrogens (primary N) is 1. The first-order valence-electron chi connectivity index (χ1n) is 10.5. The molecule has 0 bridgehead atoms. The number of hydrogen-bond acceptors (Lipinski definition) is 6. The van der Waals surface area contributed by atoms with Gasteiger partial charge in [0.2, 0.25) is 0 Å². The van der Waals surface area contributed by atoms with Crippen LogP contribution in [-0.4, -0.2) is 52.0 Å². The fraction of sp³-hybridized carbons (Fsp3) is 0.391.